The topological polar surface area (TPSA) is 67.9 Å². The fraction of sp³-hybridized carbons (Fsp3) is 0.750. The van der Waals surface area contributed by atoms with Gasteiger partial charge in [-0.15, -0.1) is 5.10 Å². The number of amidine groups is 1. The van der Waals surface area contributed by atoms with Crippen LogP contribution in [0.5, 0.6) is 0 Å². The van der Waals surface area contributed by atoms with Crippen LogP contribution in [-0.4, -0.2) is 35.8 Å². The molecule has 0 spiro atoms. The van der Waals surface area contributed by atoms with Crippen LogP contribution in [0.2, 0.25) is 0 Å². The summed E-state index contributed by atoms with van der Waals surface area (Å²) in [5.41, 5.74) is 3.82. The van der Waals surface area contributed by atoms with Crippen LogP contribution in [0, 0.1) is 0 Å². The van der Waals surface area contributed by atoms with Crippen LogP contribution in [0.1, 0.15) is 20.8 Å². The molecule has 0 bridgehead atoms. The smallest absolute Gasteiger partial charge is 0.442 e. The second-order valence-electron chi connectivity index (χ2n) is 3.99. The number of hydrogen-bond donors (Lipinski definition) is 1. The third-order valence-corrected chi connectivity index (χ3v) is 1.21. The number of carbonyl (C=O) groups excluding carboxylic acids is 1. The van der Waals surface area contributed by atoms with Crippen LogP contribution < -0.4 is 5.73 Å². The molecule has 16 heavy (non-hydrogen) atoms. The van der Waals surface area contributed by atoms with Gasteiger partial charge in [0.1, 0.15) is 5.60 Å². The molecule has 0 aliphatic rings. The molecule has 0 atom stereocenters. The average Bonchev–Trinajstić information content (AvgIpc) is 1.98. The van der Waals surface area contributed by atoms with Gasteiger partial charge in [-0.05, 0) is 20.8 Å². The summed E-state index contributed by atoms with van der Waals surface area (Å²) in [6.07, 6.45) is -5.78. The second kappa shape index (κ2) is 4.58. The van der Waals surface area contributed by atoms with Gasteiger partial charge >= 0.3 is 12.3 Å². The first kappa shape index (κ1) is 14.5. The van der Waals surface area contributed by atoms with Gasteiger partial charge in [0, 0.05) is 7.05 Å². The Hall–Kier alpha value is -1.47. The molecular formula is C8H14F3N3O2. The zero-order valence-electron chi connectivity index (χ0n) is 9.42. The molecule has 0 radical (unpaired) electrons. The fourth-order valence-electron chi connectivity index (χ4n) is 0.587. The predicted molar refractivity (Wildman–Crippen MR) is 51.7 cm³/mol. The van der Waals surface area contributed by atoms with Gasteiger partial charge in [-0.2, -0.15) is 18.2 Å². The van der Waals surface area contributed by atoms with Crippen LogP contribution in [0.3, 0.4) is 0 Å². The number of carbonyl (C=O) groups is 1. The Morgan fingerprint density at radius 2 is 1.75 bits per heavy atom. The maximum absolute atomic E-state index is 12.0. The van der Waals surface area contributed by atoms with E-state index in [-0.39, 0.29) is 0 Å². The normalized spacial score (nSPS) is 13.6. The van der Waals surface area contributed by atoms with Crippen molar-refractivity contribution in [3.05, 3.63) is 0 Å². The maximum atomic E-state index is 12.0. The molecule has 0 unspecified atom stereocenters. The quantitative estimate of drug-likeness (QED) is 0.431. The third-order valence-electron chi connectivity index (χ3n) is 1.21. The lowest BCUT2D eigenvalue weighted by atomic mass is 10.2. The molecule has 5 nitrogen and oxygen atoms in total. The minimum Gasteiger partial charge on any atom is -0.442 e. The zero-order chi connectivity index (χ0) is 13.1. The molecule has 1 amide bonds. The number of hydrazone groups is 1. The first-order chi connectivity index (χ1) is 6.93. The van der Waals surface area contributed by atoms with E-state index < -0.39 is 23.7 Å². The highest BCUT2D eigenvalue weighted by atomic mass is 19.4. The number of hydrogen-bond acceptors (Lipinski definition) is 3. The zero-order valence-corrected chi connectivity index (χ0v) is 9.42. The molecule has 0 aromatic heterocycles. The highest BCUT2D eigenvalue weighted by Gasteiger charge is 2.35. The van der Waals surface area contributed by atoms with Crippen molar-refractivity contribution >= 4 is 11.9 Å². The monoisotopic (exact) mass is 241 g/mol. The number of halogens is 3. The van der Waals surface area contributed by atoms with E-state index in [4.69, 9.17) is 4.74 Å². The molecule has 0 saturated carbocycles. The van der Waals surface area contributed by atoms with Crippen LogP contribution in [-0.2, 0) is 4.74 Å². The number of alkyl halides is 3. The van der Waals surface area contributed by atoms with Crippen LogP contribution in [0.25, 0.3) is 0 Å². The Labute approximate surface area is 91.0 Å². The average molecular weight is 241 g/mol. The lowest BCUT2D eigenvalue weighted by Crippen LogP contribution is -2.37. The summed E-state index contributed by atoms with van der Waals surface area (Å²) in [6.45, 7) is 4.74. The van der Waals surface area contributed by atoms with E-state index in [0.717, 1.165) is 7.05 Å². The van der Waals surface area contributed by atoms with Gasteiger partial charge in [0.15, 0.2) is 0 Å². The largest absolute Gasteiger partial charge is 0.450 e. The van der Waals surface area contributed by atoms with Crippen LogP contribution >= 0.6 is 0 Å². The molecule has 0 aromatic rings. The number of rotatable bonds is 1. The number of nitrogens with zero attached hydrogens (tertiary/aromatic N) is 2. The van der Waals surface area contributed by atoms with Gasteiger partial charge in [0.05, 0.1) is 0 Å². The van der Waals surface area contributed by atoms with Crippen molar-refractivity contribution in [1.82, 2.24) is 5.01 Å². The van der Waals surface area contributed by atoms with E-state index in [2.05, 4.69) is 10.8 Å². The minimum absolute atomic E-state index is 0.397. The summed E-state index contributed by atoms with van der Waals surface area (Å²) in [5, 5.41) is 3.26. The van der Waals surface area contributed by atoms with Crippen molar-refractivity contribution in [3.63, 3.8) is 0 Å². The van der Waals surface area contributed by atoms with Crippen molar-refractivity contribution in [3.8, 4) is 0 Å². The van der Waals surface area contributed by atoms with Gasteiger partial charge in [0.25, 0.3) is 0 Å². The maximum Gasteiger partial charge on any atom is 0.450 e. The van der Waals surface area contributed by atoms with E-state index in [1.54, 1.807) is 20.8 Å². The van der Waals surface area contributed by atoms with E-state index in [1.807, 2.05) is 0 Å². The van der Waals surface area contributed by atoms with E-state index in [0.29, 0.717) is 5.01 Å². The van der Waals surface area contributed by atoms with Crippen LogP contribution in [0.15, 0.2) is 5.10 Å². The van der Waals surface area contributed by atoms with Gasteiger partial charge in [-0.25, -0.2) is 4.79 Å². The lowest BCUT2D eigenvalue weighted by molar-refractivity contribution is -0.0612. The van der Waals surface area contributed by atoms with Crippen molar-refractivity contribution in [2.45, 2.75) is 32.5 Å². The molecule has 0 aliphatic carbocycles. The SMILES string of the molecule is CN(/N=C(\N)C(F)(F)F)C(=O)OC(C)(C)C. The third kappa shape index (κ3) is 5.42. The van der Waals surface area contributed by atoms with E-state index >= 15 is 0 Å². The molecule has 8 heteroatoms. The van der Waals surface area contributed by atoms with Crippen LogP contribution in [0.4, 0.5) is 18.0 Å². The van der Waals surface area contributed by atoms with Crippen molar-refractivity contribution in [2.75, 3.05) is 7.05 Å². The molecule has 0 aliphatic heterocycles. The predicted octanol–water partition coefficient (Wildman–Crippen LogP) is 1.69. The first-order valence-corrected chi connectivity index (χ1v) is 4.31. The van der Waals surface area contributed by atoms with E-state index in [9.17, 15) is 18.0 Å². The Bertz CT molecular complexity index is 294. The molecule has 2 N–H and O–H groups in total. The van der Waals surface area contributed by atoms with Crippen molar-refractivity contribution in [1.29, 1.82) is 0 Å². The standard InChI is InChI=1S/C8H14F3N3O2/c1-7(2,3)16-6(15)14(4)13-5(12)8(9,10)11/h1-4H3,(H2,12,13). The summed E-state index contributed by atoms with van der Waals surface area (Å²) in [4.78, 5) is 11.2. The molecule has 94 valence electrons. The van der Waals surface area contributed by atoms with Gasteiger partial charge in [-0.1, -0.05) is 0 Å². The van der Waals surface area contributed by atoms with Crippen molar-refractivity contribution < 1.29 is 22.7 Å². The van der Waals surface area contributed by atoms with Gasteiger partial charge in [0.2, 0.25) is 5.84 Å². The Morgan fingerprint density at radius 3 is 2.06 bits per heavy atom. The molecular weight excluding hydrogens is 227 g/mol. The highest BCUT2D eigenvalue weighted by Crippen LogP contribution is 2.15. The molecule has 0 rings (SSSR count). The summed E-state index contributed by atoms with van der Waals surface area (Å²) in [6, 6.07) is 0. The summed E-state index contributed by atoms with van der Waals surface area (Å²) in [5.74, 6) is -1.61. The summed E-state index contributed by atoms with van der Waals surface area (Å²) in [7, 11) is 1.02. The molecule has 0 saturated heterocycles. The number of nitrogens with two attached hydrogens (primary N) is 1. The van der Waals surface area contributed by atoms with E-state index in [1.165, 1.54) is 0 Å². The van der Waals surface area contributed by atoms with Gasteiger partial charge in [-0.3, -0.25) is 0 Å². The summed E-state index contributed by atoms with van der Waals surface area (Å²) >= 11 is 0. The minimum atomic E-state index is -4.77. The van der Waals surface area contributed by atoms with Gasteiger partial charge < -0.3 is 10.5 Å². The van der Waals surface area contributed by atoms with Crippen molar-refractivity contribution in [2.24, 2.45) is 10.8 Å². The number of amides is 1. The Balaban J connectivity index is 4.60. The lowest BCUT2D eigenvalue weighted by Gasteiger charge is -2.22. The second-order valence-corrected chi connectivity index (χ2v) is 3.99. The molecule has 0 fully saturated rings. The number of ether oxygens (including phenoxy) is 1. The Morgan fingerprint density at radius 1 is 1.31 bits per heavy atom. The fourth-order valence-corrected chi connectivity index (χ4v) is 0.587. The first-order valence-electron chi connectivity index (χ1n) is 4.31. The molecule has 0 aromatic carbocycles. The molecule has 0 heterocycles. The highest BCUT2D eigenvalue weighted by molar-refractivity contribution is 5.86. The summed E-state index contributed by atoms with van der Waals surface area (Å²) < 4.78 is 40.7. The Kier molecular flexibility index (Phi) is 4.16.